The highest BCUT2D eigenvalue weighted by Crippen LogP contribution is 2.33. The van der Waals surface area contributed by atoms with Crippen LogP contribution in [0.1, 0.15) is 21.5 Å². The number of aromatic nitrogens is 5. The molecule has 0 saturated carbocycles. The molecular weight excluding hydrogens is 485 g/mol. The predicted octanol–water partition coefficient (Wildman–Crippen LogP) is 5.80. The van der Waals surface area contributed by atoms with Crippen LogP contribution in [0.2, 0.25) is 0 Å². The molecule has 0 aliphatic heterocycles. The first-order valence-electron chi connectivity index (χ1n) is 11.1. The molecule has 0 radical (unpaired) electrons. The molecule has 0 saturated heterocycles. The first-order chi connectivity index (χ1) is 17.7. The summed E-state index contributed by atoms with van der Waals surface area (Å²) in [4.78, 5) is 25.8. The van der Waals surface area contributed by atoms with Gasteiger partial charge in [0.25, 0.3) is 5.91 Å². The summed E-state index contributed by atoms with van der Waals surface area (Å²) in [6.45, 7) is 1.82. The van der Waals surface area contributed by atoms with Crippen molar-refractivity contribution in [1.82, 2.24) is 24.7 Å². The van der Waals surface area contributed by atoms with Crippen LogP contribution in [0.4, 0.5) is 18.9 Å². The van der Waals surface area contributed by atoms with Gasteiger partial charge in [0.2, 0.25) is 5.88 Å². The van der Waals surface area contributed by atoms with E-state index in [2.05, 4.69) is 25.4 Å². The molecular formula is C26H19F3N6O2. The summed E-state index contributed by atoms with van der Waals surface area (Å²) in [6.07, 6.45) is 0.437. The van der Waals surface area contributed by atoms with Crippen LogP contribution in [0, 0.1) is 6.92 Å². The fourth-order valence-corrected chi connectivity index (χ4v) is 3.63. The molecule has 3 heterocycles. The number of carbonyl (C=O) groups excluding carboxylic acids is 1. The van der Waals surface area contributed by atoms with E-state index in [-0.39, 0.29) is 11.4 Å². The lowest BCUT2D eigenvalue weighted by molar-refractivity contribution is -0.137. The number of fused-ring (bicyclic) bond motifs is 1. The molecule has 1 amide bonds. The first kappa shape index (κ1) is 23.9. The monoisotopic (exact) mass is 504 g/mol. The number of rotatable bonds is 5. The number of hydrogen-bond acceptors (Lipinski definition) is 6. The van der Waals surface area contributed by atoms with E-state index in [4.69, 9.17) is 4.74 Å². The summed E-state index contributed by atoms with van der Waals surface area (Å²) >= 11 is 0. The van der Waals surface area contributed by atoms with Gasteiger partial charge in [-0.2, -0.15) is 23.3 Å². The van der Waals surface area contributed by atoms with Crippen LogP contribution in [0.25, 0.3) is 22.4 Å². The van der Waals surface area contributed by atoms with Gasteiger partial charge in [0.1, 0.15) is 11.1 Å². The lowest BCUT2D eigenvalue weighted by atomic mass is 10.1. The van der Waals surface area contributed by atoms with Crippen LogP contribution in [-0.4, -0.2) is 30.6 Å². The van der Waals surface area contributed by atoms with Crippen molar-refractivity contribution in [3.63, 3.8) is 0 Å². The fraction of sp³-hybridized carbons (Fsp3) is 0.115. The van der Waals surface area contributed by atoms with Gasteiger partial charge in [0.05, 0.1) is 5.56 Å². The maximum absolute atomic E-state index is 13.0. The summed E-state index contributed by atoms with van der Waals surface area (Å²) < 4.78 is 46.9. The van der Waals surface area contributed by atoms with Crippen LogP contribution < -0.4 is 10.1 Å². The van der Waals surface area contributed by atoms with Gasteiger partial charge in [-0.25, -0.2) is 4.98 Å². The first-order valence-corrected chi connectivity index (χ1v) is 11.1. The molecule has 0 atom stereocenters. The molecule has 0 bridgehead atoms. The Labute approximate surface area is 208 Å². The third kappa shape index (κ3) is 5.10. The second-order valence-electron chi connectivity index (χ2n) is 8.24. The van der Waals surface area contributed by atoms with E-state index in [1.807, 2.05) is 6.92 Å². The van der Waals surface area contributed by atoms with Crippen molar-refractivity contribution in [2.75, 3.05) is 5.32 Å². The van der Waals surface area contributed by atoms with Crippen LogP contribution in [0.15, 0.2) is 73.2 Å². The van der Waals surface area contributed by atoms with Crippen molar-refractivity contribution >= 4 is 22.6 Å². The van der Waals surface area contributed by atoms with Crippen LogP contribution in [-0.2, 0) is 13.2 Å². The van der Waals surface area contributed by atoms with E-state index in [0.717, 1.165) is 23.3 Å². The second-order valence-corrected chi connectivity index (χ2v) is 8.24. The number of halogens is 3. The van der Waals surface area contributed by atoms with Crippen molar-refractivity contribution in [2.45, 2.75) is 13.1 Å². The number of nitrogens with one attached hydrogen (secondary N) is 1. The lowest BCUT2D eigenvalue weighted by Gasteiger charge is -2.13. The number of carbonyl (C=O) groups is 1. The van der Waals surface area contributed by atoms with Crippen LogP contribution in [0.5, 0.6) is 11.6 Å². The minimum atomic E-state index is -4.55. The summed E-state index contributed by atoms with van der Waals surface area (Å²) in [5.41, 5.74) is 1.24. The quantitative estimate of drug-likeness (QED) is 0.325. The van der Waals surface area contributed by atoms with E-state index in [1.165, 1.54) is 12.1 Å². The summed E-state index contributed by atoms with van der Waals surface area (Å²) in [7, 11) is 1.76. The molecule has 5 rings (SSSR count). The summed E-state index contributed by atoms with van der Waals surface area (Å²) in [6, 6.07) is 12.7. The zero-order valence-corrected chi connectivity index (χ0v) is 19.6. The minimum Gasteiger partial charge on any atom is -0.438 e. The maximum atomic E-state index is 13.0. The molecule has 5 aromatic rings. The Bertz CT molecular complexity index is 1620. The highest BCUT2D eigenvalue weighted by atomic mass is 19.4. The number of ether oxygens (including phenoxy) is 1. The smallest absolute Gasteiger partial charge is 0.416 e. The van der Waals surface area contributed by atoms with Crippen molar-refractivity contribution in [3.8, 4) is 23.0 Å². The molecule has 0 aliphatic rings. The number of aryl methyl sites for hydroxylation is 2. The number of benzene rings is 2. The number of nitrogens with zero attached hydrogens (tertiary/aromatic N) is 5. The lowest BCUT2D eigenvalue weighted by Crippen LogP contribution is -2.14. The molecule has 0 aliphatic carbocycles. The van der Waals surface area contributed by atoms with Gasteiger partial charge in [0.15, 0.2) is 11.5 Å². The fourth-order valence-electron chi connectivity index (χ4n) is 3.63. The van der Waals surface area contributed by atoms with Crippen LogP contribution >= 0.6 is 0 Å². The van der Waals surface area contributed by atoms with Gasteiger partial charge in [0, 0.05) is 48.5 Å². The Kier molecular flexibility index (Phi) is 6.04. The van der Waals surface area contributed by atoms with Gasteiger partial charge in [-0.15, -0.1) is 0 Å². The zero-order chi connectivity index (χ0) is 26.2. The molecule has 11 heteroatoms. The Morgan fingerprint density at radius 1 is 1.03 bits per heavy atom. The Morgan fingerprint density at radius 3 is 2.57 bits per heavy atom. The summed E-state index contributed by atoms with van der Waals surface area (Å²) in [5.74, 6) is 0.369. The van der Waals surface area contributed by atoms with Gasteiger partial charge >= 0.3 is 6.18 Å². The number of anilines is 1. The standard InChI is InChI=1S/C26H19F3N6O2/c1-15-6-7-19(31-24(36)17-4-3-5-18(12-17)26(27,28)29)13-21(15)37-25-20-14-35(2)34-23(20)32-22(33-25)16-8-10-30-11-9-16/h3-14H,1-2H3,(H,31,36). The molecule has 8 nitrogen and oxygen atoms in total. The number of amides is 1. The number of hydrogen-bond donors (Lipinski definition) is 1. The van der Waals surface area contributed by atoms with Gasteiger partial charge in [-0.05, 0) is 48.9 Å². The second kappa shape index (κ2) is 9.34. The maximum Gasteiger partial charge on any atom is 0.416 e. The third-order valence-corrected chi connectivity index (χ3v) is 5.50. The van der Waals surface area contributed by atoms with E-state index in [0.29, 0.717) is 28.3 Å². The molecule has 0 fully saturated rings. The van der Waals surface area contributed by atoms with Gasteiger partial charge < -0.3 is 10.1 Å². The largest absolute Gasteiger partial charge is 0.438 e. The normalized spacial score (nSPS) is 11.5. The van der Waals surface area contributed by atoms with Crippen LogP contribution in [0.3, 0.4) is 0 Å². The summed E-state index contributed by atoms with van der Waals surface area (Å²) in [5, 5.41) is 7.58. The average Bonchev–Trinajstić information content (AvgIpc) is 3.26. The molecule has 37 heavy (non-hydrogen) atoms. The highest BCUT2D eigenvalue weighted by Gasteiger charge is 2.31. The average molecular weight is 504 g/mol. The number of pyridine rings is 1. The Hall–Kier alpha value is -4.80. The van der Waals surface area contributed by atoms with Crippen molar-refractivity contribution in [3.05, 3.63) is 89.9 Å². The van der Waals surface area contributed by atoms with E-state index in [9.17, 15) is 18.0 Å². The molecule has 3 aromatic heterocycles. The van der Waals surface area contributed by atoms with Crippen molar-refractivity contribution in [2.24, 2.45) is 7.05 Å². The minimum absolute atomic E-state index is 0.118. The molecule has 186 valence electrons. The zero-order valence-electron chi connectivity index (χ0n) is 19.6. The van der Waals surface area contributed by atoms with E-state index >= 15 is 0 Å². The van der Waals surface area contributed by atoms with Gasteiger partial charge in [-0.1, -0.05) is 12.1 Å². The van der Waals surface area contributed by atoms with Gasteiger partial charge in [-0.3, -0.25) is 14.5 Å². The molecule has 2 aromatic carbocycles. The van der Waals surface area contributed by atoms with Crippen molar-refractivity contribution in [1.29, 1.82) is 0 Å². The Morgan fingerprint density at radius 2 is 1.81 bits per heavy atom. The molecule has 1 N–H and O–H groups in total. The third-order valence-electron chi connectivity index (χ3n) is 5.50. The van der Waals surface area contributed by atoms with E-state index < -0.39 is 17.6 Å². The Balaban J connectivity index is 1.46. The molecule has 0 unspecified atom stereocenters. The number of alkyl halides is 3. The SMILES string of the molecule is Cc1ccc(NC(=O)c2cccc(C(F)(F)F)c2)cc1Oc1nc(-c2ccncc2)nc2nn(C)cc12. The topological polar surface area (TPSA) is 94.8 Å². The van der Waals surface area contributed by atoms with Crippen molar-refractivity contribution < 1.29 is 22.7 Å². The highest BCUT2D eigenvalue weighted by molar-refractivity contribution is 6.04. The molecule has 0 spiro atoms. The predicted molar refractivity (Wildman–Crippen MR) is 130 cm³/mol. The van der Waals surface area contributed by atoms with E-state index in [1.54, 1.807) is 60.7 Å².